The number of allylic oxidation sites excluding steroid dienone is 3. The van der Waals surface area contributed by atoms with Gasteiger partial charge in [-0.15, -0.1) is 0 Å². The zero-order valence-electron chi connectivity index (χ0n) is 19.3. The third-order valence-electron chi connectivity index (χ3n) is 6.12. The van der Waals surface area contributed by atoms with Crippen LogP contribution < -0.4 is 14.4 Å². The predicted octanol–water partition coefficient (Wildman–Crippen LogP) is 4.15. The normalized spacial score (nSPS) is 19.0. The molecular weight excluding hydrogens is 470 g/mol. The standard InChI is InChI=1S/C26H32ClN3O3S/c27-23-11-13-25(14-12-23)34(31,32)30(24-8-2-1-3-9-24)21-22-7-4-5-10-26(22)33-20-6-17-29-18-15-28-16-19-29/h1-5,7-13,25,28H,6,14-21H2. The molecule has 1 N–H and O–H groups in total. The Morgan fingerprint density at radius 1 is 1.06 bits per heavy atom. The van der Waals surface area contributed by atoms with Gasteiger partial charge in [-0.2, -0.15) is 0 Å². The van der Waals surface area contributed by atoms with Crippen LogP contribution >= 0.6 is 11.6 Å². The lowest BCUT2D eigenvalue weighted by Gasteiger charge is -2.29. The van der Waals surface area contributed by atoms with Crippen LogP contribution in [0, 0.1) is 0 Å². The molecule has 1 saturated heterocycles. The average molecular weight is 502 g/mol. The molecule has 1 unspecified atom stereocenters. The fourth-order valence-electron chi connectivity index (χ4n) is 4.22. The van der Waals surface area contributed by atoms with Gasteiger partial charge in [0.25, 0.3) is 0 Å². The van der Waals surface area contributed by atoms with Gasteiger partial charge in [-0.25, -0.2) is 8.42 Å². The third-order valence-corrected chi connectivity index (χ3v) is 8.47. The first-order valence-corrected chi connectivity index (χ1v) is 13.7. The predicted molar refractivity (Wildman–Crippen MR) is 139 cm³/mol. The molecule has 0 aromatic heterocycles. The van der Waals surface area contributed by atoms with E-state index in [4.69, 9.17) is 16.3 Å². The number of sulfonamides is 1. The number of hydrogen-bond acceptors (Lipinski definition) is 5. The Hall–Kier alpha value is -2.32. The second-order valence-electron chi connectivity index (χ2n) is 8.51. The molecule has 2 aromatic carbocycles. The average Bonchev–Trinajstić information content (AvgIpc) is 2.87. The second kappa shape index (κ2) is 11.9. The fraction of sp³-hybridized carbons (Fsp3) is 0.385. The van der Waals surface area contributed by atoms with Crippen LogP contribution in [0.3, 0.4) is 0 Å². The number of rotatable bonds is 10. The van der Waals surface area contributed by atoms with Crippen molar-refractivity contribution >= 4 is 27.3 Å². The first-order valence-electron chi connectivity index (χ1n) is 11.8. The summed E-state index contributed by atoms with van der Waals surface area (Å²) < 4.78 is 35.0. The maximum atomic E-state index is 13.7. The molecule has 1 aliphatic heterocycles. The van der Waals surface area contributed by atoms with Crippen molar-refractivity contribution in [3.8, 4) is 5.75 Å². The van der Waals surface area contributed by atoms with Crippen molar-refractivity contribution in [1.82, 2.24) is 10.2 Å². The lowest BCUT2D eigenvalue weighted by Crippen LogP contribution is -2.44. The summed E-state index contributed by atoms with van der Waals surface area (Å²) in [6.07, 6.45) is 6.36. The highest BCUT2D eigenvalue weighted by Gasteiger charge is 2.32. The highest BCUT2D eigenvalue weighted by molar-refractivity contribution is 7.93. The van der Waals surface area contributed by atoms with E-state index < -0.39 is 15.3 Å². The van der Waals surface area contributed by atoms with E-state index in [-0.39, 0.29) is 6.54 Å². The number of nitrogens with zero attached hydrogens (tertiary/aromatic N) is 2. The highest BCUT2D eigenvalue weighted by atomic mass is 35.5. The molecule has 2 aromatic rings. The highest BCUT2D eigenvalue weighted by Crippen LogP contribution is 2.30. The molecule has 1 aliphatic carbocycles. The Kier molecular flexibility index (Phi) is 8.67. The second-order valence-corrected chi connectivity index (χ2v) is 11.0. The van der Waals surface area contributed by atoms with E-state index in [1.807, 2.05) is 54.6 Å². The van der Waals surface area contributed by atoms with Gasteiger partial charge < -0.3 is 15.0 Å². The summed E-state index contributed by atoms with van der Waals surface area (Å²) in [5.41, 5.74) is 1.47. The Balaban J connectivity index is 1.49. The Labute approximate surface area is 207 Å². The molecule has 4 rings (SSSR count). The summed E-state index contributed by atoms with van der Waals surface area (Å²) in [5, 5.41) is 3.27. The van der Waals surface area contributed by atoms with Gasteiger partial charge in [0.05, 0.1) is 18.8 Å². The Morgan fingerprint density at radius 3 is 2.53 bits per heavy atom. The smallest absolute Gasteiger partial charge is 0.242 e. The van der Waals surface area contributed by atoms with Crippen molar-refractivity contribution in [2.45, 2.75) is 24.6 Å². The van der Waals surface area contributed by atoms with Crippen molar-refractivity contribution in [1.29, 1.82) is 0 Å². The van der Waals surface area contributed by atoms with Crippen molar-refractivity contribution in [3.63, 3.8) is 0 Å². The number of benzene rings is 2. The number of para-hydroxylation sites is 2. The number of halogens is 1. The van der Waals surface area contributed by atoms with E-state index in [0.717, 1.165) is 50.5 Å². The summed E-state index contributed by atoms with van der Waals surface area (Å²) in [4.78, 5) is 2.44. The third kappa shape index (κ3) is 6.42. The molecule has 1 atom stereocenters. The van der Waals surface area contributed by atoms with Crippen LogP contribution in [0.4, 0.5) is 5.69 Å². The SMILES string of the molecule is O=S(=O)(C1C=CC(Cl)=CC1)N(Cc1ccccc1OCCCN1CCNCC1)c1ccccc1. The number of anilines is 1. The minimum Gasteiger partial charge on any atom is -0.493 e. The van der Waals surface area contributed by atoms with E-state index in [1.165, 1.54) is 4.31 Å². The molecule has 0 bridgehead atoms. The molecular formula is C26H32ClN3O3S. The lowest BCUT2D eigenvalue weighted by atomic mass is 10.2. The first-order chi connectivity index (χ1) is 16.5. The topological polar surface area (TPSA) is 61.9 Å². The van der Waals surface area contributed by atoms with Gasteiger partial charge in [0.2, 0.25) is 10.0 Å². The van der Waals surface area contributed by atoms with Crippen LogP contribution in [0.5, 0.6) is 5.75 Å². The van der Waals surface area contributed by atoms with Gasteiger partial charge in [0.1, 0.15) is 11.0 Å². The monoisotopic (exact) mass is 501 g/mol. The summed E-state index contributed by atoms with van der Waals surface area (Å²) in [6.45, 7) is 5.98. The summed E-state index contributed by atoms with van der Waals surface area (Å²) in [5.74, 6) is 0.723. The molecule has 34 heavy (non-hydrogen) atoms. The number of ether oxygens (including phenoxy) is 1. The van der Waals surface area contributed by atoms with Crippen LogP contribution in [-0.4, -0.2) is 57.9 Å². The summed E-state index contributed by atoms with van der Waals surface area (Å²) >= 11 is 6.03. The lowest BCUT2D eigenvalue weighted by molar-refractivity contribution is 0.213. The van der Waals surface area contributed by atoms with Gasteiger partial charge in [-0.05, 0) is 37.1 Å². The molecule has 0 saturated carbocycles. The molecule has 2 aliphatic rings. The zero-order valence-corrected chi connectivity index (χ0v) is 20.8. The molecule has 8 heteroatoms. The van der Waals surface area contributed by atoms with Gasteiger partial charge in [0.15, 0.2) is 0 Å². The van der Waals surface area contributed by atoms with E-state index in [2.05, 4.69) is 10.2 Å². The molecule has 0 spiro atoms. The van der Waals surface area contributed by atoms with Crippen molar-refractivity contribution in [2.75, 3.05) is 43.6 Å². The summed E-state index contributed by atoms with van der Waals surface area (Å²) in [7, 11) is -3.68. The van der Waals surface area contributed by atoms with E-state index in [1.54, 1.807) is 18.2 Å². The first kappa shape index (κ1) is 24.8. The van der Waals surface area contributed by atoms with Crippen LogP contribution in [0.2, 0.25) is 0 Å². The van der Waals surface area contributed by atoms with Gasteiger partial charge >= 0.3 is 0 Å². The fourth-order valence-corrected chi connectivity index (χ4v) is 6.06. The van der Waals surface area contributed by atoms with Crippen LogP contribution in [-0.2, 0) is 16.6 Å². The minimum atomic E-state index is -3.68. The number of piperazine rings is 1. The van der Waals surface area contributed by atoms with Gasteiger partial charge in [-0.1, -0.05) is 60.2 Å². The van der Waals surface area contributed by atoms with Crippen molar-refractivity contribution < 1.29 is 13.2 Å². The van der Waals surface area contributed by atoms with E-state index in [0.29, 0.717) is 23.7 Å². The van der Waals surface area contributed by atoms with Crippen LogP contribution in [0.15, 0.2) is 77.9 Å². The van der Waals surface area contributed by atoms with Crippen LogP contribution in [0.1, 0.15) is 18.4 Å². The maximum absolute atomic E-state index is 13.7. The van der Waals surface area contributed by atoms with E-state index in [9.17, 15) is 8.42 Å². The number of nitrogens with one attached hydrogen (secondary N) is 1. The van der Waals surface area contributed by atoms with Gasteiger partial charge in [-0.3, -0.25) is 4.31 Å². The molecule has 0 amide bonds. The quantitative estimate of drug-likeness (QED) is 0.495. The molecule has 1 fully saturated rings. The van der Waals surface area contributed by atoms with Crippen LogP contribution in [0.25, 0.3) is 0 Å². The Bertz CT molecular complexity index is 1100. The molecule has 0 radical (unpaired) electrons. The maximum Gasteiger partial charge on any atom is 0.242 e. The molecule has 182 valence electrons. The largest absolute Gasteiger partial charge is 0.493 e. The van der Waals surface area contributed by atoms with Crippen molar-refractivity contribution in [3.05, 3.63) is 83.4 Å². The zero-order chi connectivity index (χ0) is 23.8. The molecule has 6 nitrogen and oxygen atoms in total. The summed E-state index contributed by atoms with van der Waals surface area (Å²) in [6, 6.07) is 16.9. The van der Waals surface area contributed by atoms with E-state index >= 15 is 0 Å². The Morgan fingerprint density at radius 2 is 1.79 bits per heavy atom. The van der Waals surface area contributed by atoms with Gasteiger partial charge in [0, 0.05) is 43.3 Å². The minimum absolute atomic E-state index is 0.197. The number of hydrogen-bond donors (Lipinski definition) is 1. The molecule has 1 heterocycles. The van der Waals surface area contributed by atoms with Crippen molar-refractivity contribution in [2.24, 2.45) is 0 Å².